The Morgan fingerprint density at radius 1 is 0.317 bits per heavy atom. The minimum atomic E-state index is -0.788. The van der Waals surface area contributed by atoms with E-state index in [0.717, 1.165) is 109 Å². The molecule has 0 bridgehead atoms. The first-order chi connectivity index (χ1) is 31.0. The fourth-order valence-electron chi connectivity index (χ4n) is 7.42. The largest absolute Gasteiger partial charge is 0.462 e. The van der Waals surface area contributed by atoms with Crippen molar-refractivity contribution in [1.29, 1.82) is 0 Å². The van der Waals surface area contributed by atoms with E-state index in [1.807, 2.05) is 0 Å². The van der Waals surface area contributed by atoms with E-state index < -0.39 is 6.10 Å². The zero-order valence-corrected chi connectivity index (χ0v) is 41.6. The Hall–Kier alpha value is -2.89. The summed E-state index contributed by atoms with van der Waals surface area (Å²) in [5.74, 6) is -0.915. The van der Waals surface area contributed by atoms with Gasteiger partial charge in [0.15, 0.2) is 6.10 Å². The van der Waals surface area contributed by atoms with Crippen LogP contribution in [-0.2, 0) is 28.6 Å². The molecule has 0 N–H and O–H groups in total. The van der Waals surface area contributed by atoms with Crippen molar-refractivity contribution in [2.45, 2.75) is 271 Å². The number of allylic oxidation sites excluding steroid dienone is 10. The van der Waals surface area contributed by atoms with Crippen LogP contribution in [0.4, 0.5) is 0 Å². The third-order valence-corrected chi connectivity index (χ3v) is 11.5. The van der Waals surface area contributed by atoms with Crippen molar-refractivity contribution in [2.75, 3.05) is 13.2 Å². The van der Waals surface area contributed by atoms with Gasteiger partial charge in [-0.3, -0.25) is 14.4 Å². The van der Waals surface area contributed by atoms with E-state index in [4.69, 9.17) is 14.2 Å². The second-order valence-corrected chi connectivity index (χ2v) is 17.8. The molecular weight excluding hydrogens is 781 g/mol. The summed E-state index contributed by atoms with van der Waals surface area (Å²) in [6, 6.07) is 0. The van der Waals surface area contributed by atoms with E-state index in [1.54, 1.807) is 0 Å². The van der Waals surface area contributed by atoms with Crippen molar-refractivity contribution in [3.63, 3.8) is 0 Å². The van der Waals surface area contributed by atoms with Crippen LogP contribution in [-0.4, -0.2) is 37.2 Å². The Morgan fingerprint density at radius 2 is 0.571 bits per heavy atom. The van der Waals surface area contributed by atoms with Gasteiger partial charge >= 0.3 is 17.9 Å². The quantitative estimate of drug-likeness (QED) is 0.0262. The highest BCUT2D eigenvalue weighted by Crippen LogP contribution is 2.15. The molecule has 364 valence electrons. The van der Waals surface area contributed by atoms with E-state index >= 15 is 0 Å². The molecule has 0 aliphatic carbocycles. The van der Waals surface area contributed by atoms with Crippen LogP contribution < -0.4 is 0 Å². The third-order valence-electron chi connectivity index (χ3n) is 11.5. The minimum Gasteiger partial charge on any atom is -0.462 e. The van der Waals surface area contributed by atoms with Gasteiger partial charge in [-0.15, -0.1) is 0 Å². The van der Waals surface area contributed by atoms with E-state index in [1.165, 1.54) is 116 Å². The van der Waals surface area contributed by atoms with Crippen LogP contribution in [0.3, 0.4) is 0 Å². The molecule has 6 nitrogen and oxygen atoms in total. The maximum Gasteiger partial charge on any atom is 0.306 e. The molecule has 0 saturated heterocycles. The highest BCUT2D eigenvalue weighted by Gasteiger charge is 2.19. The highest BCUT2D eigenvalue weighted by atomic mass is 16.6. The number of esters is 3. The molecule has 0 saturated carbocycles. The van der Waals surface area contributed by atoms with E-state index in [0.29, 0.717) is 19.3 Å². The smallest absolute Gasteiger partial charge is 0.306 e. The zero-order valence-electron chi connectivity index (χ0n) is 41.6. The first-order valence-electron chi connectivity index (χ1n) is 26.8. The zero-order chi connectivity index (χ0) is 45.8. The molecule has 0 fully saturated rings. The number of hydrogen-bond acceptors (Lipinski definition) is 6. The summed E-state index contributed by atoms with van der Waals surface area (Å²) in [5, 5.41) is 0. The molecule has 0 unspecified atom stereocenters. The van der Waals surface area contributed by atoms with Crippen molar-refractivity contribution in [3.05, 3.63) is 60.8 Å². The average Bonchev–Trinajstić information content (AvgIpc) is 3.28. The normalized spacial score (nSPS) is 12.5. The van der Waals surface area contributed by atoms with Crippen LogP contribution in [0.1, 0.15) is 265 Å². The maximum atomic E-state index is 12.8. The van der Waals surface area contributed by atoms with Crippen LogP contribution in [0, 0.1) is 0 Å². The molecule has 0 aromatic heterocycles. The van der Waals surface area contributed by atoms with Gasteiger partial charge in [-0.1, -0.05) is 216 Å². The summed E-state index contributed by atoms with van der Waals surface area (Å²) in [6.07, 6.45) is 63.4. The highest BCUT2D eigenvalue weighted by molar-refractivity contribution is 5.71. The Bertz CT molecular complexity index is 1150. The van der Waals surface area contributed by atoms with Crippen molar-refractivity contribution < 1.29 is 28.6 Å². The van der Waals surface area contributed by atoms with Crippen molar-refractivity contribution in [1.82, 2.24) is 0 Å². The molecule has 6 heteroatoms. The lowest BCUT2D eigenvalue weighted by Crippen LogP contribution is -2.30. The number of rotatable bonds is 48. The number of carbonyl (C=O) groups excluding carboxylic acids is 3. The predicted octanol–water partition coefficient (Wildman–Crippen LogP) is 17.6. The summed E-state index contributed by atoms with van der Waals surface area (Å²) >= 11 is 0. The standard InChI is InChI=1S/C57H100O6/c1-4-7-10-13-16-19-22-25-27-28-30-32-35-38-41-44-47-50-56(59)62-53-54(52-61-55(58)49-46-43-40-37-34-31-24-21-18-15-12-9-6-3)63-57(60)51-48-45-42-39-36-33-29-26-23-20-17-14-11-8-5-2/h16-17,19-20,25-27,29-30,32,54H,4-15,18,21-24,28,31,33-53H2,1-3H3/b19-16-,20-17-,27-25-,29-26-,32-30-/t54-/m0/s1. The summed E-state index contributed by atoms with van der Waals surface area (Å²) < 4.78 is 16.8. The lowest BCUT2D eigenvalue weighted by atomic mass is 10.0. The van der Waals surface area contributed by atoms with Crippen LogP contribution in [0.2, 0.25) is 0 Å². The Balaban J connectivity index is 4.43. The molecular formula is C57H100O6. The first-order valence-corrected chi connectivity index (χ1v) is 26.8. The van der Waals surface area contributed by atoms with Gasteiger partial charge in [0.25, 0.3) is 0 Å². The molecule has 0 aliphatic rings. The summed E-state index contributed by atoms with van der Waals surface area (Å²) in [5.41, 5.74) is 0. The molecule has 0 heterocycles. The third kappa shape index (κ3) is 50.0. The first kappa shape index (κ1) is 60.1. The van der Waals surface area contributed by atoms with Crippen LogP contribution in [0.15, 0.2) is 60.8 Å². The molecule has 0 aromatic carbocycles. The summed E-state index contributed by atoms with van der Waals surface area (Å²) in [7, 11) is 0. The molecule has 0 amide bonds. The molecule has 0 aromatic rings. The van der Waals surface area contributed by atoms with Crippen molar-refractivity contribution in [2.24, 2.45) is 0 Å². The summed E-state index contributed by atoms with van der Waals surface area (Å²) in [6.45, 7) is 6.56. The fourth-order valence-corrected chi connectivity index (χ4v) is 7.42. The Kier molecular flexibility index (Phi) is 49.4. The van der Waals surface area contributed by atoms with Crippen LogP contribution >= 0.6 is 0 Å². The summed E-state index contributed by atoms with van der Waals surface area (Å²) in [4.78, 5) is 38.0. The Morgan fingerprint density at radius 3 is 0.921 bits per heavy atom. The topological polar surface area (TPSA) is 78.9 Å². The minimum absolute atomic E-state index is 0.0854. The number of unbranched alkanes of at least 4 members (excludes halogenated alkanes) is 27. The van der Waals surface area contributed by atoms with Gasteiger partial charge in [-0.2, -0.15) is 0 Å². The second-order valence-electron chi connectivity index (χ2n) is 17.8. The van der Waals surface area contributed by atoms with E-state index in [-0.39, 0.29) is 31.1 Å². The van der Waals surface area contributed by atoms with Gasteiger partial charge in [0.05, 0.1) is 0 Å². The fraction of sp³-hybridized carbons (Fsp3) is 0.772. The van der Waals surface area contributed by atoms with Gasteiger partial charge in [-0.05, 0) is 89.9 Å². The lowest BCUT2D eigenvalue weighted by Gasteiger charge is -2.18. The molecule has 0 radical (unpaired) electrons. The van der Waals surface area contributed by atoms with Gasteiger partial charge < -0.3 is 14.2 Å². The van der Waals surface area contributed by atoms with Crippen molar-refractivity contribution in [3.8, 4) is 0 Å². The molecule has 0 spiro atoms. The van der Waals surface area contributed by atoms with E-state index in [2.05, 4.69) is 81.5 Å². The van der Waals surface area contributed by atoms with E-state index in [9.17, 15) is 14.4 Å². The van der Waals surface area contributed by atoms with Crippen LogP contribution in [0.25, 0.3) is 0 Å². The monoisotopic (exact) mass is 881 g/mol. The number of carbonyl (C=O) groups is 3. The van der Waals surface area contributed by atoms with Crippen LogP contribution in [0.5, 0.6) is 0 Å². The maximum absolute atomic E-state index is 12.8. The average molecular weight is 881 g/mol. The molecule has 0 rings (SSSR count). The SMILES string of the molecule is CCCCC/C=C\C/C=C\C/C=C\CCCCCCC(=O)OC[C@H](COC(=O)CCCCCCCCCCCCCCC)OC(=O)CCCCCCC/C=C\C/C=C\CCCCC. The van der Waals surface area contributed by atoms with Gasteiger partial charge in [0, 0.05) is 19.3 Å². The second kappa shape index (κ2) is 51.7. The van der Waals surface area contributed by atoms with Crippen molar-refractivity contribution >= 4 is 17.9 Å². The lowest BCUT2D eigenvalue weighted by molar-refractivity contribution is -0.167. The van der Waals surface area contributed by atoms with Gasteiger partial charge in [0.2, 0.25) is 0 Å². The molecule has 0 aliphatic heterocycles. The Labute approximate surface area is 390 Å². The van der Waals surface area contributed by atoms with Gasteiger partial charge in [0.1, 0.15) is 13.2 Å². The molecule has 1 atom stereocenters. The number of hydrogen-bond donors (Lipinski definition) is 0. The predicted molar refractivity (Wildman–Crippen MR) is 270 cm³/mol. The molecule has 63 heavy (non-hydrogen) atoms. The number of ether oxygens (including phenoxy) is 3. The van der Waals surface area contributed by atoms with Gasteiger partial charge in [-0.25, -0.2) is 0 Å².